The Bertz CT molecular complexity index is 879. The molecule has 1 fully saturated rings. The highest BCUT2D eigenvalue weighted by Crippen LogP contribution is 2.23. The van der Waals surface area contributed by atoms with E-state index in [4.69, 9.17) is 4.98 Å². The lowest BCUT2D eigenvalue weighted by Crippen LogP contribution is -2.47. The number of piperazine rings is 1. The SMILES string of the molecule is Cc1cc(N2CCN(c3ncnc4nc[nH]c34)CC2)nc(C(C)C)n1. The fourth-order valence-corrected chi connectivity index (χ4v) is 3.13. The maximum Gasteiger partial charge on any atom is 0.182 e. The normalized spacial score (nSPS) is 15.4. The Hall–Kier alpha value is -2.77. The third kappa shape index (κ3) is 2.99. The number of aromatic nitrogens is 6. The van der Waals surface area contributed by atoms with Crippen LogP contribution in [0.15, 0.2) is 18.7 Å². The highest BCUT2D eigenvalue weighted by Gasteiger charge is 2.22. The average Bonchev–Trinajstić information content (AvgIpc) is 3.10. The minimum atomic E-state index is 0.328. The highest BCUT2D eigenvalue weighted by molar-refractivity contribution is 5.82. The second-order valence-electron chi connectivity index (χ2n) is 6.65. The first-order valence-corrected chi connectivity index (χ1v) is 8.61. The molecule has 1 aliphatic rings. The first kappa shape index (κ1) is 15.7. The zero-order valence-electron chi connectivity index (χ0n) is 14.8. The van der Waals surface area contributed by atoms with E-state index in [1.165, 1.54) is 0 Å². The van der Waals surface area contributed by atoms with Gasteiger partial charge in [-0.1, -0.05) is 13.8 Å². The molecular weight excluding hydrogens is 316 g/mol. The highest BCUT2D eigenvalue weighted by atomic mass is 15.3. The number of nitrogens with one attached hydrogen (secondary N) is 1. The minimum Gasteiger partial charge on any atom is -0.353 e. The smallest absolute Gasteiger partial charge is 0.182 e. The Morgan fingerprint density at radius 1 is 1.00 bits per heavy atom. The molecule has 0 radical (unpaired) electrons. The topological polar surface area (TPSA) is 86.7 Å². The lowest BCUT2D eigenvalue weighted by atomic mass is 10.2. The summed E-state index contributed by atoms with van der Waals surface area (Å²) in [7, 11) is 0. The van der Waals surface area contributed by atoms with Crippen molar-refractivity contribution in [3.8, 4) is 0 Å². The molecule has 4 heterocycles. The van der Waals surface area contributed by atoms with Gasteiger partial charge in [0.2, 0.25) is 0 Å². The number of aromatic amines is 1. The lowest BCUT2D eigenvalue weighted by Gasteiger charge is -2.36. The van der Waals surface area contributed by atoms with Crippen molar-refractivity contribution in [1.29, 1.82) is 0 Å². The Kier molecular flexibility index (Phi) is 3.95. The summed E-state index contributed by atoms with van der Waals surface area (Å²) < 4.78 is 0. The summed E-state index contributed by atoms with van der Waals surface area (Å²) in [5, 5.41) is 0. The van der Waals surface area contributed by atoms with Crippen LogP contribution in [0.5, 0.6) is 0 Å². The zero-order valence-corrected chi connectivity index (χ0v) is 14.8. The molecule has 8 heteroatoms. The zero-order chi connectivity index (χ0) is 17.4. The summed E-state index contributed by atoms with van der Waals surface area (Å²) in [5.41, 5.74) is 2.63. The number of hydrogen-bond acceptors (Lipinski definition) is 7. The predicted molar refractivity (Wildman–Crippen MR) is 97.0 cm³/mol. The van der Waals surface area contributed by atoms with Crippen LogP contribution < -0.4 is 9.80 Å². The fraction of sp³-hybridized carbons (Fsp3) is 0.471. The van der Waals surface area contributed by atoms with E-state index >= 15 is 0 Å². The van der Waals surface area contributed by atoms with Gasteiger partial charge in [-0.3, -0.25) is 0 Å². The molecule has 3 aromatic heterocycles. The standard InChI is InChI=1S/C17H22N8/c1-11(2)15-22-12(3)8-13(23-15)24-4-6-25(7-5-24)17-14-16(19-9-18-14)20-10-21-17/h8-11H,4-7H2,1-3H3,(H,18,19,20,21). The first-order chi connectivity index (χ1) is 12.1. The summed E-state index contributed by atoms with van der Waals surface area (Å²) in [6.07, 6.45) is 3.24. The van der Waals surface area contributed by atoms with E-state index in [0.29, 0.717) is 11.6 Å². The third-order valence-electron chi connectivity index (χ3n) is 4.48. The van der Waals surface area contributed by atoms with Crippen molar-refractivity contribution in [2.45, 2.75) is 26.7 Å². The van der Waals surface area contributed by atoms with Gasteiger partial charge in [0.05, 0.1) is 6.33 Å². The van der Waals surface area contributed by atoms with Gasteiger partial charge in [0.25, 0.3) is 0 Å². The largest absolute Gasteiger partial charge is 0.353 e. The van der Waals surface area contributed by atoms with E-state index in [0.717, 1.165) is 54.8 Å². The fourth-order valence-electron chi connectivity index (χ4n) is 3.13. The maximum absolute atomic E-state index is 4.75. The number of nitrogens with zero attached hydrogens (tertiary/aromatic N) is 7. The van der Waals surface area contributed by atoms with E-state index < -0.39 is 0 Å². The molecule has 8 nitrogen and oxygen atoms in total. The van der Waals surface area contributed by atoms with Gasteiger partial charge in [-0.05, 0) is 6.92 Å². The maximum atomic E-state index is 4.75. The number of anilines is 2. The number of imidazole rings is 1. The van der Waals surface area contributed by atoms with Crippen molar-refractivity contribution in [2.75, 3.05) is 36.0 Å². The molecule has 4 rings (SSSR count). The van der Waals surface area contributed by atoms with Crippen molar-refractivity contribution in [3.63, 3.8) is 0 Å². The van der Waals surface area contributed by atoms with Crippen molar-refractivity contribution >= 4 is 22.8 Å². The van der Waals surface area contributed by atoms with Gasteiger partial charge in [0.1, 0.15) is 23.5 Å². The molecule has 1 aliphatic heterocycles. The molecule has 0 saturated carbocycles. The Labute approximate surface area is 146 Å². The van der Waals surface area contributed by atoms with Gasteiger partial charge in [-0.15, -0.1) is 0 Å². The van der Waals surface area contributed by atoms with Crippen molar-refractivity contribution in [1.82, 2.24) is 29.9 Å². The van der Waals surface area contributed by atoms with Crippen LogP contribution in [-0.2, 0) is 0 Å². The van der Waals surface area contributed by atoms with Crippen LogP contribution in [0, 0.1) is 6.92 Å². The van der Waals surface area contributed by atoms with Crippen molar-refractivity contribution in [3.05, 3.63) is 30.2 Å². The van der Waals surface area contributed by atoms with Gasteiger partial charge in [-0.2, -0.15) is 0 Å². The van der Waals surface area contributed by atoms with Gasteiger partial charge < -0.3 is 14.8 Å². The molecule has 1 saturated heterocycles. The summed E-state index contributed by atoms with van der Waals surface area (Å²) in [6, 6.07) is 2.07. The molecule has 0 aromatic carbocycles. The van der Waals surface area contributed by atoms with Crippen LogP contribution in [0.1, 0.15) is 31.3 Å². The molecule has 0 spiro atoms. The van der Waals surface area contributed by atoms with Gasteiger partial charge >= 0.3 is 0 Å². The monoisotopic (exact) mass is 338 g/mol. The van der Waals surface area contributed by atoms with E-state index in [-0.39, 0.29) is 0 Å². The Balaban J connectivity index is 1.53. The number of fused-ring (bicyclic) bond motifs is 1. The van der Waals surface area contributed by atoms with Crippen LogP contribution in [0.3, 0.4) is 0 Å². The van der Waals surface area contributed by atoms with Crippen LogP contribution in [-0.4, -0.2) is 56.1 Å². The Morgan fingerprint density at radius 3 is 2.52 bits per heavy atom. The van der Waals surface area contributed by atoms with Gasteiger partial charge in [-0.25, -0.2) is 24.9 Å². The summed E-state index contributed by atoms with van der Waals surface area (Å²) in [4.78, 5) is 29.9. The molecule has 1 N–H and O–H groups in total. The van der Waals surface area contributed by atoms with Crippen LogP contribution in [0.25, 0.3) is 11.2 Å². The second kappa shape index (κ2) is 6.27. The number of rotatable bonds is 3. The van der Waals surface area contributed by atoms with E-state index in [2.05, 4.69) is 54.6 Å². The van der Waals surface area contributed by atoms with E-state index in [9.17, 15) is 0 Å². The minimum absolute atomic E-state index is 0.328. The molecule has 25 heavy (non-hydrogen) atoms. The average molecular weight is 338 g/mol. The number of aryl methyl sites for hydroxylation is 1. The van der Waals surface area contributed by atoms with Crippen LogP contribution >= 0.6 is 0 Å². The van der Waals surface area contributed by atoms with Crippen molar-refractivity contribution < 1.29 is 0 Å². The van der Waals surface area contributed by atoms with Crippen LogP contribution in [0.4, 0.5) is 11.6 Å². The number of H-pyrrole nitrogens is 1. The molecule has 0 amide bonds. The van der Waals surface area contributed by atoms with Crippen LogP contribution in [0.2, 0.25) is 0 Å². The lowest BCUT2D eigenvalue weighted by molar-refractivity contribution is 0.636. The molecule has 0 aliphatic carbocycles. The molecule has 0 unspecified atom stereocenters. The van der Waals surface area contributed by atoms with Gasteiger partial charge in [0.15, 0.2) is 11.5 Å². The second-order valence-corrected chi connectivity index (χ2v) is 6.65. The van der Waals surface area contributed by atoms with E-state index in [1.54, 1.807) is 12.7 Å². The Morgan fingerprint density at radius 2 is 1.76 bits per heavy atom. The third-order valence-corrected chi connectivity index (χ3v) is 4.48. The molecule has 130 valence electrons. The quantitative estimate of drug-likeness (QED) is 0.780. The van der Waals surface area contributed by atoms with Gasteiger partial charge in [0, 0.05) is 43.9 Å². The molecule has 3 aromatic rings. The summed E-state index contributed by atoms with van der Waals surface area (Å²) in [5.74, 6) is 3.18. The number of hydrogen-bond donors (Lipinski definition) is 1. The van der Waals surface area contributed by atoms with Crippen molar-refractivity contribution in [2.24, 2.45) is 0 Å². The predicted octanol–water partition coefficient (Wildman–Crippen LogP) is 1.90. The summed E-state index contributed by atoms with van der Waals surface area (Å²) in [6.45, 7) is 9.84. The summed E-state index contributed by atoms with van der Waals surface area (Å²) >= 11 is 0. The first-order valence-electron chi connectivity index (χ1n) is 8.61. The molecule has 0 bridgehead atoms. The molecular formula is C17H22N8. The molecule has 0 atom stereocenters. The van der Waals surface area contributed by atoms with E-state index in [1.807, 2.05) is 6.92 Å².